The fourth-order valence-corrected chi connectivity index (χ4v) is 7.49. The molecule has 3 rings (SSSR count). The number of halogens is 3. The van der Waals surface area contributed by atoms with Gasteiger partial charge in [0.25, 0.3) is 10.0 Å². The van der Waals surface area contributed by atoms with E-state index in [-0.39, 0.29) is 35.2 Å². The van der Waals surface area contributed by atoms with E-state index in [4.69, 9.17) is 0 Å². The smallest absolute Gasteiger partial charge is 0.376 e. The second-order valence-electron chi connectivity index (χ2n) is 8.64. The van der Waals surface area contributed by atoms with Crippen molar-refractivity contribution in [2.45, 2.75) is 48.0 Å². The summed E-state index contributed by atoms with van der Waals surface area (Å²) in [5.74, 6) is -0.316. The molecule has 1 fully saturated rings. The molecule has 34 heavy (non-hydrogen) atoms. The molecular weight excluding hydrogens is 513 g/mol. The van der Waals surface area contributed by atoms with Crippen LogP contribution in [0.3, 0.4) is 0 Å². The van der Waals surface area contributed by atoms with E-state index >= 15 is 0 Å². The van der Waals surface area contributed by atoms with E-state index < -0.39 is 42.9 Å². The van der Waals surface area contributed by atoms with Crippen LogP contribution in [0.25, 0.3) is 0 Å². The van der Waals surface area contributed by atoms with E-state index in [1.807, 2.05) is 0 Å². The Balaban J connectivity index is 1.93. The zero-order valence-electron chi connectivity index (χ0n) is 18.9. The molecule has 1 aliphatic heterocycles. The molecule has 0 radical (unpaired) electrons. The minimum absolute atomic E-state index is 0.0838. The zero-order chi connectivity index (χ0) is 25.5. The number of piperazine rings is 1. The molecule has 1 N–H and O–H groups in total. The summed E-state index contributed by atoms with van der Waals surface area (Å²) in [6.07, 6.45) is -4.87. The number of sulfone groups is 1. The second kappa shape index (κ2) is 9.41. The Morgan fingerprint density at radius 1 is 1.09 bits per heavy atom. The molecule has 0 saturated carbocycles. The van der Waals surface area contributed by atoms with Crippen molar-refractivity contribution in [3.05, 3.63) is 47.3 Å². The molecule has 2 heterocycles. The number of sulfonamides is 1. The lowest BCUT2D eigenvalue weighted by Gasteiger charge is -2.42. The normalized spacial score (nSPS) is 20.5. The van der Waals surface area contributed by atoms with Gasteiger partial charge in [-0.15, -0.1) is 11.3 Å². The van der Waals surface area contributed by atoms with Gasteiger partial charge >= 0.3 is 6.18 Å². The number of alkyl halides is 3. The van der Waals surface area contributed by atoms with E-state index in [0.29, 0.717) is 12.6 Å². The Bertz CT molecular complexity index is 1190. The van der Waals surface area contributed by atoms with Crippen LogP contribution in [0, 0.1) is 0 Å². The van der Waals surface area contributed by atoms with Gasteiger partial charge < -0.3 is 10.0 Å². The largest absolute Gasteiger partial charge is 0.421 e. The van der Waals surface area contributed by atoms with Gasteiger partial charge in [-0.05, 0) is 49.9 Å². The third-order valence-electron chi connectivity index (χ3n) is 5.99. The number of thiophene rings is 1. The lowest BCUT2D eigenvalue weighted by atomic mass is 9.95. The third-order valence-corrected chi connectivity index (χ3v) is 11.5. The first-order valence-corrected chi connectivity index (χ1v) is 14.5. The van der Waals surface area contributed by atoms with Crippen LogP contribution < -0.4 is 4.90 Å². The van der Waals surface area contributed by atoms with Gasteiger partial charge in [0.2, 0.25) is 0 Å². The van der Waals surface area contributed by atoms with Crippen molar-refractivity contribution in [3.63, 3.8) is 0 Å². The Morgan fingerprint density at radius 2 is 1.71 bits per heavy atom. The number of nitrogens with zero attached hydrogens (tertiary/aromatic N) is 2. The first kappa shape index (κ1) is 26.9. The Hall–Kier alpha value is -1.67. The standard InChI is InChI=1S/C21H27F3N2O5S3/c1-15(2)33(28,29)14-18-13-25(34(30,31)19-5-4-12-32-19)10-11-26(18)17-8-6-16(7-9-17)20(3,27)21(22,23)24/h4-9,12,15,18,27H,10-11,13-14H2,1-3H3/t18-,20+/m1/s1. The van der Waals surface area contributed by atoms with Crippen LogP contribution in [0.2, 0.25) is 0 Å². The summed E-state index contributed by atoms with van der Waals surface area (Å²) < 4.78 is 92.4. The molecule has 7 nitrogen and oxygen atoms in total. The lowest BCUT2D eigenvalue weighted by molar-refractivity contribution is -0.258. The average Bonchev–Trinajstić information content (AvgIpc) is 3.28. The minimum atomic E-state index is -4.87. The topological polar surface area (TPSA) is 95.0 Å². The highest BCUT2D eigenvalue weighted by atomic mass is 32.2. The maximum Gasteiger partial charge on any atom is 0.421 e. The fourth-order valence-electron chi connectivity index (χ4n) is 3.67. The number of hydrogen-bond donors (Lipinski definition) is 1. The molecule has 13 heteroatoms. The predicted molar refractivity (Wildman–Crippen MR) is 125 cm³/mol. The first-order valence-electron chi connectivity index (χ1n) is 10.5. The van der Waals surface area contributed by atoms with E-state index in [9.17, 15) is 35.1 Å². The van der Waals surface area contributed by atoms with E-state index in [1.165, 1.54) is 36.4 Å². The molecule has 1 aromatic carbocycles. The number of rotatable bonds is 7. The monoisotopic (exact) mass is 540 g/mol. The maximum absolute atomic E-state index is 13.2. The van der Waals surface area contributed by atoms with Crippen molar-refractivity contribution in [1.82, 2.24) is 4.31 Å². The van der Waals surface area contributed by atoms with E-state index in [0.717, 1.165) is 23.5 Å². The van der Waals surface area contributed by atoms with Crippen molar-refractivity contribution in [1.29, 1.82) is 0 Å². The molecule has 0 bridgehead atoms. The van der Waals surface area contributed by atoms with Crippen LogP contribution in [-0.4, -0.2) is 69.1 Å². The second-order valence-corrected chi connectivity index (χ2v) is 14.4. The SMILES string of the molecule is CC(C)S(=O)(=O)C[C@H]1CN(S(=O)(=O)c2cccs2)CCN1c1ccc([C@](C)(O)C(F)(F)F)cc1. The van der Waals surface area contributed by atoms with Crippen LogP contribution in [0.5, 0.6) is 0 Å². The van der Waals surface area contributed by atoms with Crippen molar-refractivity contribution in [3.8, 4) is 0 Å². The maximum atomic E-state index is 13.2. The van der Waals surface area contributed by atoms with Gasteiger partial charge in [0.1, 0.15) is 4.21 Å². The van der Waals surface area contributed by atoms with E-state index in [1.54, 1.807) is 16.3 Å². The Morgan fingerprint density at radius 3 is 2.21 bits per heavy atom. The summed E-state index contributed by atoms with van der Waals surface area (Å²) in [5, 5.41) is 10.9. The van der Waals surface area contributed by atoms with E-state index in [2.05, 4.69) is 0 Å². The highest BCUT2D eigenvalue weighted by Gasteiger charge is 2.51. The quantitative estimate of drug-likeness (QED) is 0.580. The lowest BCUT2D eigenvalue weighted by Crippen LogP contribution is -2.57. The van der Waals surface area contributed by atoms with Gasteiger partial charge in [-0.25, -0.2) is 16.8 Å². The van der Waals surface area contributed by atoms with Gasteiger partial charge in [-0.3, -0.25) is 0 Å². The number of benzene rings is 1. The molecule has 1 saturated heterocycles. The number of hydrogen-bond acceptors (Lipinski definition) is 7. The van der Waals surface area contributed by atoms with Gasteiger partial charge in [-0.2, -0.15) is 17.5 Å². The highest BCUT2D eigenvalue weighted by molar-refractivity contribution is 7.92. The van der Waals surface area contributed by atoms with Gasteiger partial charge in [-0.1, -0.05) is 18.2 Å². The molecule has 0 spiro atoms. The van der Waals surface area contributed by atoms with Crippen LogP contribution in [0.15, 0.2) is 46.0 Å². The van der Waals surface area contributed by atoms with Crippen molar-refractivity contribution in [2.75, 3.05) is 30.3 Å². The van der Waals surface area contributed by atoms with Gasteiger partial charge in [0, 0.05) is 25.3 Å². The summed E-state index contributed by atoms with van der Waals surface area (Å²) in [6.45, 7) is 3.88. The molecule has 2 aromatic rings. The summed E-state index contributed by atoms with van der Waals surface area (Å²) in [7, 11) is -7.36. The summed E-state index contributed by atoms with van der Waals surface area (Å²) >= 11 is 1.07. The van der Waals surface area contributed by atoms with Crippen LogP contribution in [-0.2, 0) is 25.5 Å². The average molecular weight is 541 g/mol. The van der Waals surface area contributed by atoms with Gasteiger partial charge in [0.15, 0.2) is 15.4 Å². The fraction of sp³-hybridized carbons (Fsp3) is 0.524. The molecule has 1 aliphatic rings. The zero-order valence-corrected chi connectivity index (χ0v) is 21.3. The van der Waals surface area contributed by atoms with Crippen molar-refractivity contribution < 1.29 is 35.1 Å². The molecule has 2 atom stereocenters. The Kier molecular flexibility index (Phi) is 7.46. The predicted octanol–water partition coefficient (Wildman–Crippen LogP) is 3.22. The number of aliphatic hydroxyl groups is 1. The van der Waals surface area contributed by atoms with Gasteiger partial charge in [0.05, 0.1) is 17.0 Å². The molecule has 0 unspecified atom stereocenters. The van der Waals surface area contributed by atoms with Crippen molar-refractivity contribution in [2.24, 2.45) is 0 Å². The van der Waals surface area contributed by atoms with Crippen LogP contribution in [0.1, 0.15) is 26.3 Å². The van der Waals surface area contributed by atoms with Crippen molar-refractivity contribution >= 4 is 36.9 Å². The Labute approximate surface area is 201 Å². The molecule has 0 amide bonds. The van der Waals surface area contributed by atoms with Crippen LogP contribution >= 0.6 is 11.3 Å². The summed E-state index contributed by atoms with van der Waals surface area (Å²) in [5.41, 5.74) is -2.95. The molecule has 1 aromatic heterocycles. The third kappa shape index (κ3) is 5.27. The molecule has 190 valence electrons. The number of anilines is 1. The molecule has 0 aliphatic carbocycles. The first-order chi connectivity index (χ1) is 15.6. The summed E-state index contributed by atoms with van der Waals surface area (Å²) in [4.78, 5) is 1.70. The summed E-state index contributed by atoms with van der Waals surface area (Å²) in [6, 6.07) is 7.41. The van der Waals surface area contributed by atoms with Crippen LogP contribution in [0.4, 0.5) is 18.9 Å². The highest BCUT2D eigenvalue weighted by Crippen LogP contribution is 2.39. The molecular formula is C21H27F3N2O5S3. The minimum Gasteiger partial charge on any atom is -0.376 e.